The summed E-state index contributed by atoms with van der Waals surface area (Å²) in [5.41, 5.74) is 4.25. The van der Waals surface area contributed by atoms with Crippen LogP contribution in [0.1, 0.15) is 28.9 Å². The third-order valence-electron chi connectivity index (χ3n) is 4.00. The summed E-state index contributed by atoms with van der Waals surface area (Å²) in [6.45, 7) is 4.36. The maximum absolute atomic E-state index is 6.50. The number of hydrogen-bond acceptors (Lipinski definition) is 2. The zero-order valence-electron chi connectivity index (χ0n) is 12.2. The summed E-state index contributed by atoms with van der Waals surface area (Å²) in [5, 5.41) is 4.77. The number of thioether (sulfide) groups is 1. The van der Waals surface area contributed by atoms with Crippen LogP contribution in [-0.4, -0.2) is 13.1 Å². The van der Waals surface area contributed by atoms with Crippen LogP contribution in [-0.2, 0) is 12.8 Å². The first-order valence-corrected chi connectivity index (χ1v) is 8.74. The number of benzene rings is 2. The van der Waals surface area contributed by atoms with Crippen molar-refractivity contribution in [3.63, 3.8) is 0 Å². The molecule has 2 aromatic rings. The van der Waals surface area contributed by atoms with Crippen LogP contribution in [0, 0.1) is 0 Å². The molecule has 1 aliphatic heterocycles. The summed E-state index contributed by atoms with van der Waals surface area (Å²) in [5.74, 6) is 0. The van der Waals surface area contributed by atoms with Crippen LogP contribution < -0.4 is 5.32 Å². The van der Waals surface area contributed by atoms with E-state index in [0.29, 0.717) is 5.25 Å². The Morgan fingerprint density at radius 1 is 1.05 bits per heavy atom. The zero-order valence-corrected chi connectivity index (χ0v) is 13.8. The van der Waals surface area contributed by atoms with Gasteiger partial charge in [0.05, 0.1) is 5.02 Å². The van der Waals surface area contributed by atoms with Crippen molar-refractivity contribution in [3.8, 4) is 0 Å². The first-order chi connectivity index (χ1) is 10.3. The predicted octanol–water partition coefficient (Wildman–Crippen LogP) is 4.88. The third-order valence-corrected chi connectivity index (χ3v) is 5.75. The van der Waals surface area contributed by atoms with E-state index < -0.39 is 0 Å². The second-order valence-corrected chi connectivity index (χ2v) is 7.19. The van der Waals surface area contributed by atoms with Crippen molar-refractivity contribution in [1.82, 2.24) is 5.32 Å². The molecule has 0 bridgehead atoms. The molecule has 0 aliphatic carbocycles. The van der Waals surface area contributed by atoms with E-state index in [1.807, 2.05) is 11.8 Å². The molecule has 3 heteroatoms. The average molecular weight is 318 g/mol. The number of halogens is 1. The Hall–Kier alpha value is -0.960. The van der Waals surface area contributed by atoms with E-state index >= 15 is 0 Å². The fourth-order valence-corrected chi connectivity index (χ4v) is 4.32. The molecule has 1 heterocycles. The van der Waals surface area contributed by atoms with Crippen LogP contribution in [0.25, 0.3) is 0 Å². The standard InChI is InChI=1S/C18H20ClNS/c1-13(14-5-3-2-4-6-14)21-18-16-10-12-20-11-9-15(16)7-8-17(18)19/h2-8,13,20H,9-12H2,1H3/t13-/m1/s1. The van der Waals surface area contributed by atoms with Crippen molar-refractivity contribution in [2.75, 3.05) is 13.1 Å². The van der Waals surface area contributed by atoms with E-state index in [9.17, 15) is 0 Å². The van der Waals surface area contributed by atoms with Crippen LogP contribution in [0.3, 0.4) is 0 Å². The summed E-state index contributed by atoms with van der Waals surface area (Å²) in [6, 6.07) is 14.9. The Kier molecular flexibility index (Phi) is 4.89. The van der Waals surface area contributed by atoms with Crippen molar-refractivity contribution in [2.24, 2.45) is 0 Å². The van der Waals surface area contributed by atoms with E-state index in [0.717, 1.165) is 31.0 Å². The molecule has 0 radical (unpaired) electrons. The highest BCUT2D eigenvalue weighted by atomic mass is 35.5. The van der Waals surface area contributed by atoms with Gasteiger partial charge in [-0.3, -0.25) is 0 Å². The highest BCUT2D eigenvalue weighted by Crippen LogP contribution is 2.42. The summed E-state index contributed by atoms with van der Waals surface area (Å²) in [6.07, 6.45) is 2.17. The van der Waals surface area contributed by atoms with Gasteiger partial charge in [-0.2, -0.15) is 0 Å². The first kappa shape index (κ1) is 15.0. The van der Waals surface area contributed by atoms with Gasteiger partial charge in [0, 0.05) is 10.1 Å². The molecule has 0 spiro atoms. The van der Waals surface area contributed by atoms with Crippen LogP contribution in [0.4, 0.5) is 0 Å². The SMILES string of the molecule is C[C@@H](Sc1c(Cl)ccc2c1CCNCC2)c1ccccc1. The normalized spacial score (nSPS) is 16.1. The molecule has 1 nitrogen and oxygen atoms in total. The van der Waals surface area contributed by atoms with Crippen molar-refractivity contribution >= 4 is 23.4 Å². The molecule has 110 valence electrons. The molecule has 1 N–H and O–H groups in total. The summed E-state index contributed by atoms with van der Waals surface area (Å²) in [7, 11) is 0. The molecule has 0 unspecified atom stereocenters. The third kappa shape index (κ3) is 3.45. The van der Waals surface area contributed by atoms with Gasteiger partial charge in [-0.1, -0.05) is 48.0 Å². The average Bonchev–Trinajstić information content (AvgIpc) is 2.76. The minimum atomic E-state index is 0.409. The highest BCUT2D eigenvalue weighted by molar-refractivity contribution is 7.99. The lowest BCUT2D eigenvalue weighted by atomic mass is 10.0. The fraction of sp³-hybridized carbons (Fsp3) is 0.333. The van der Waals surface area contributed by atoms with Crippen molar-refractivity contribution < 1.29 is 0 Å². The second kappa shape index (κ2) is 6.87. The monoisotopic (exact) mass is 317 g/mol. The number of fused-ring (bicyclic) bond motifs is 1. The van der Waals surface area contributed by atoms with E-state index in [4.69, 9.17) is 11.6 Å². The molecule has 0 amide bonds. The zero-order chi connectivity index (χ0) is 14.7. The van der Waals surface area contributed by atoms with Gasteiger partial charge in [-0.25, -0.2) is 0 Å². The Morgan fingerprint density at radius 2 is 1.81 bits per heavy atom. The minimum Gasteiger partial charge on any atom is -0.316 e. The van der Waals surface area contributed by atoms with Crippen LogP contribution in [0.5, 0.6) is 0 Å². The van der Waals surface area contributed by atoms with E-state index in [-0.39, 0.29) is 0 Å². The van der Waals surface area contributed by atoms with Crippen molar-refractivity contribution in [2.45, 2.75) is 29.9 Å². The van der Waals surface area contributed by atoms with Gasteiger partial charge in [0.2, 0.25) is 0 Å². The predicted molar refractivity (Wildman–Crippen MR) is 92.4 cm³/mol. The molecule has 0 saturated carbocycles. The lowest BCUT2D eigenvalue weighted by Crippen LogP contribution is -2.16. The van der Waals surface area contributed by atoms with Gasteiger partial charge in [0.1, 0.15) is 0 Å². The van der Waals surface area contributed by atoms with Crippen LogP contribution in [0.2, 0.25) is 5.02 Å². The molecule has 0 aromatic heterocycles. The van der Waals surface area contributed by atoms with E-state index in [2.05, 4.69) is 54.7 Å². The Bertz CT molecular complexity index is 612. The van der Waals surface area contributed by atoms with E-state index in [1.54, 1.807) is 0 Å². The van der Waals surface area contributed by atoms with Gasteiger partial charge in [-0.05, 0) is 55.6 Å². The molecule has 1 aliphatic rings. The summed E-state index contributed by atoms with van der Waals surface area (Å²) >= 11 is 8.39. The van der Waals surface area contributed by atoms with Gasteiger partial charge in [-0.15, -0.1) is 11.8 Å². The summed E-state index contributed by atoms with van der Waals surface area (Å²) < 4.78 is 0. The second-order valence-electron chi connectivity index (χ2n) is 5.43. The number of hydrogen-bond donors (Lipinski definition) is 1. The fourth-order valence-electron chi connectivity index (χ4n) is 2.81. The largest absolute Gasteiger partial charge is 0.316 e. The quantitative estimate of drug-likeness (QED) is 0.810. The summed E-state index contributed by atoms with van der Waals surface area (Å²) in [4.78, 5) is 1.27. The molecular weight excluding hydrogens is 298 g/mol. The molecule has 3 rings (SSSR count). The first-order valence-electron chi connectivity index (χ1n) is 7.48. The molecule has 0 saturated heterocycles. The Morgan fingerprint density at radius 3 is 2.62 bits per heavy atom. The highest BCUT2D eigenvalue weighted by Gasteiger charge is 2.18. The van der Waals surface area contributed by atoms with Gasteiger partial charge in [0.15, 0.2) is 0 Å². The minimum absolute atomic E-state index is 0.409. The Balaban J connectivity index is 1.91. The van der Waals surface area contributed by atoms with Crippen LogP contribution >= 0.6 is 23.4 Å². The van der Waals surface area contributed by atoms with Crippen molar-refractivity contribution in [3.05, 3.63) is 64.2 Å². The maximum Gasteiger partial charge on any atom is 0.0545 e. The van der Waals surface area contributed by atoms with E-state index in [1.165, 1.54) is 21.6 Å². The van der Waals surface area contributed by atoms with Gasteiger partial charge >= 0.3 is 0 Å². The lowest BCUT2D eigenvalue weighted by molar-refractivity contribution is 0.709. The maximum atomic E-state index is 6.50. The molecular formula is C18H20ClNS. The molecule has 1 atom stereocenters. The number of rotatable bonds is 3. The van der Waals surface area contributed by atoms with Crippen LogP contribution in [0.15, 0.2) is 47.4 Å². The lowest BCUT2D eigenvalue weighted by Gasteiger charge is -2.18. The van der Waals surface area contributed by atoms with Crippen molar-refractivity contribution in [1.29, 1.82) is 0 Å². The smallest absolute Gasteiger partial charge is 0.0545 e. The van der Waals surface area contributed by atoms with Gasteiger partial charge in [0.25, 0.3) is 0 Å². The molecule has 0 fully saturated rings. The topological polar surface area (TPSA) is 12.0 Å². The Labute approximate surface area is 136 Å². The van der Waals surface area contributed by atoms with Gasteiger partial charge < -0.3 is 5.32 Å². The number of nitrogens with one attached hydrogen (secondary N) is 1. The molecule has 2 aromatic carbocycles. The molecule has 21 heavy (non-hydrogen) atoms.